The number of aryl methyl sites for hydroxylation is 1. The van der Waals surface area contributed by atoms with Gasteiger partial charge in [-0.15, -0.1) is 0 Å². The second kappa shape index (κ2) is 4.60. The van der Waals surface area contributed by atoms with Crippen molar-refractivity contribution in [1.29, 1.82) is 0 Å². The number of rotatable bonds is 1. The van der Waals surface area contributed by atoms with Crippen LogP contribution in [0.3, 0.4) is 0 Å². The zero-order valence-corrected chi connectivity index (χ0v) is 11.8. The summed E-state index contributed by atoms with van der Waals surface area (Å²) in [5, 5.41) is 6.20. The Morgan fingerprint density at radius 1 is 1.15 bits per heavy atom. The number of piperidine rings is 1. The SMILES string of the molecule is Cn1c2ccncc2c2cc(C3CCCCN3)ccc21. The number of fused-ring (bicyclic) bond motifs is 3. The molecule has 102 valence electrons. The third-order valence-electron chi connectivity index (χ3n) is 4.54. The molecule has 1 aromatic carbocycles. The van der Waals surface area contributed by atoms with Crippen LogP contribution in [-0.2, 0) is 7.05 Å². The van der Waals surface area contributed by atoms with Gasteiger partial charge in [0.1, 0.15) is 0 Å². The van der Waals surface area contributed by atoms with Crippen LogP contribution < -0.4 is 5.32 Å². The van der Waals surface area contributed by atoms with E-state index in [9.17, 15) is 0 Å². The molecule has 20 heavy (non-hydrogen) atoms. The lowest BCUT2D eigenvalue weighted by Gasteiger charge is -2.23. The summed E-state index contributed by atoms with van der Waals surface area (Å²) in [6.07, 6.45) is 7.72. The van der Waals surface area contributed by atoms with E-state index in [1.165, 1.54) is 46.6 Å². The summed E-state index contributed by atoms with van der Waals surface area (Å²) in [7, 11) is 2.13. The first-order valence-electron chi connectivity index (χ1n) is 7.40. The van der Waals surface area contributed by atoms with Gasteiger partial charge in [0.15, 0.2) is 0 Å². The van der Waals surface area contributed by atoms with Crippen LogP contribution in [0.15, 0.2) is 36.7 Å². The van der Waals surface area contributed by atoms with E-state index in [0.717, 1.165) is 6.54 Å². The Morgan fingerprint density at radius 3 is 2.90 bits per heavy atom. The summed E-state index contributed by atoms with van der Waals surface area (Å²) in [4.78, 5) is 4.29. The van der Waals surface area contributed by atoms with Crippen molar-refractivity contribution < 1.29 is 0 Å². The van der Waals surface area contributed by atoms with Gasteiger partial charge < -0.3 is 9.88 Å². The van der Waals surface area contributed by atoms with Crippen molar-refractivity contribution in [3.8, 4) is 0 Å². The lowest BCUT2D eigenvalue weighted by Crippen LogP contribution is -2.26. The number of pyridine rings is 1. The van der Waals surface area contributed by atoms with Crippen LogP contribution in [0.4, 0.5) is 0 Å². The molecule has 3 nitrogen and oxygen atoms in total. The predicted molar refractivity (Wildman–Crippen MR) is 82.8 cm³/mol. The van der Waals surface area contributed by atoms with Crippen LogP contribution in [0.25, 0.3) is 21.8 Å². The molecular weight excluding hydrogens is 246 g/mol. The molecule has 0 spiro atoms. The van der Waals surface area contributed by atoms with Gasteiger partial charge in [-0.1, -0.05) is 12.5 Å². The Labute approximate surface area is 118 Å². The van der Waals surface area contributed by atoms with E-state index in [-0.39, 0.29) is 0 Å². The molecule has 1 atom stereocenters. The Kier molecular flexibility index (Phi) is 2.74. The monoisotopic (exact) mass is 265 g/mol. The van der Waals surface area contributed by atoms with Crippen molar-refractivity contribution in [3.05, 3.63) is 42.2 Å². The summed E-state index contributed by atoms with van der Waals surface area (Å²) < 4.78 is 2.25. The predicted octanol–water partition coefficient (Wildman–Crippen LogP) is 3.54. The number of nitrogens with zero attached hydrogens (tertiary/aromatic N) is 2. The molecule has 1 fully saturated rings. The van der Waals surface area contributed by atoms with E-state index >= 15 is 0 Å². The molecule has 1 N–H and O–H groups in total. The molecule has 1 aliphatic rings. The van der Waals surface area contributed by atoms with Crippen LogP contribution in [0, 0.1) is 0 Å². The number of aromatic nitrogens is 2. The standard InChI is InChI=1S/C17H19N3/c1-20-16-6-5-12(15-4-2-3-8-19-15)10-13(16)14-11-18-9-7-17(14)20/h5-7,9-11,15,19H,2-4,8H2,1H3. The largest absolute Gasteiger partial charge is 0.344 e. The second-order valence-electron chi connectivity index (χ2n) is 5.73. The van der Waals surface area contributed by atoms with Crippen LogP contribution >= 0.6 is 0 Å². The Balaban J connectivity index is 1.92. The average molecular weight is 265 g/mol. The summed E-state index contributed by atoms with van der Waals surface area (Å²) >= 11 is 0. The number of nitrogens with one attached hydrogen (secondary N) is 1. The van der Waals surface area contributed by atoms with Crippen molar-refractivity contribution >= 4 is 21.8 Å². The highest BCUT2D eigenvalue weighted by Gasteiger charge is 2.16. The van der Waals surface area contributed by atoms with Gasteiger partial charge in [0.2, 0.25) is 0 Å². The topological polar surface area (TPSA) is 29.9 Å². The quantitative estimate of drug-likeness (QED) is 0.729. The van der Waals surface area contributed by atoms with E-state index in [1.54, 1.807) is 0 Å². The van der Waals surface area contributed by atoms with Gasteiger partial charge in [-0.25, -0.2) is 0 Å². The lowest BCUT2D eigenvalue weighted by molar-refractivity contribution is 0.412. The second-order valence-corrected chi connectivity index (χ2v) is 5.73. The summed E-state index contributed by atoms with van der Waals surface area (Å²) in [6, 6.07) is 9.48. The fraction of sp³-hybridized carbons (Fsp3) is 0.353. The molecule has 1 saturated heterocycles. The van der Waals surface area contributed by atoms with Crippen molar-refractivity contribution in [1.82, 2.24) is 14.9 Å². The van der Waals surface area contributed by atoms with Crippen LogP contribution in [0.5, 0.6) is 0 Å². The maximum Gasteiger partial charge on any atom is 0.0519 e. The Morgan fingerprint density at radius 2 is 2.05 bits per heavy atom. The van der Waals surface area contributed by atoms with Gasteiger partial charge in [0.05, 0.1) is 5.52 Å². The molecule has 0 aliphatic carbocycles. The van der Waals surface area contributed by atoms with Crippen molar-refractivity contribution in [2.75, 3.05) is 6.54 Å². The van der Waals surface area contributed by atoms with E-state index in [4.69, 9.17) is 0 Å². The van der Waals surface area contributed by atoms with Crippen LogP contribution in [-0.4, -0.2) is 16.1 Å². The molecule has 2 aromatic heterocycles. The Bertz CT molecular complexity index is 766. The van der Waals surface area contributed by atoms with Crippen LogP contribution in [0.1, 0.15) is 30.9 Å². The fourth-order valence-corrected chi connectivity index (χ4v) is 3.43. The molecular formula is C17H19N3. The highest BCUT2D eigenvalue weighted by molar-refractivity contribution is 6.07. The van der Waals surface area contributed by atoms with Gasteiger partial charge in [-0.3, -0.25) is 4.98 Å². The zero-order valence-electron chi connectivity index (χ0n) is 11.8. The van der Waals surface area contributed by atoms with Crippen molar-refractivity contribution in [2.24, 2.45) is 7.05 Å². The number of benzene rings is 1. The smallest absolute Gasteiger partial charge is 0.0519 e. The molecule has 1 aliphatic heterocycles. The molecule has 0 radical (unpaired) electrons. The molecule has 3 heterocycles. The molecule has 0 bridgehead atoms. The maximum atomic E-state index is 4.29. The minimum Gasteiger partial charge on any atom is -0.344 e. The van der Waals surface area contributed by atoms with E-state index < -0.39 is 0 Å². The number of hydrogen-bond acceptors (Lipinski definition) is 2. The van der Waals surface area contributed by atoms with Crippen LogP contribution in [0.2, 0.25) is 0 Å². The zero-order chi connectivity index (χ0) is 13.5. The van der Waals surface area contributed by atoms with E-state index in [1.807, 2.05) is 12.4 Å². The Hall–Kier alpha value is -1.87. The van der Waals surface area contributed by atoms with Gasteiger partial charge in [0, 0.05) is 41.8 Å². The third kappa shape index (κ3) is 1.74. The van der Waals surface area contributed by atoms with Gasteiger partial charge in [-0.2, -0.15) is 0 Å². The molecule has 0 saturated carbocycles. The summed E-state index contributed by atoms with van der Waals surface area (Å²) in [5.74, 6) is 0. The average Bonchev–Trinajstić information content (AvgIpc) is 2.81. The minimum atomic E-state index is 0.514. The minimum absolute atomic E-state index is 0.514. The normalized spacial score (nSPS) is 19.8. The van der Waals surface area contributed by atoms with Crippen molar-refractivity contribution in [2.45, 2.75) is 25.3 Å². The van der Waals surface area contributed by atoms with Crippen molar-refractivity contribution in [3.63, 3.8) is 0 Å². The molecule has 4 rings (SSSR count). The first-order valence-corrected chi connectivity index (χ1v) is 7.40. The lowest BCUT2D eigenvalue weighted by atomic mass is 9.96. The maximum absolute atomic E-state index is 4.29. The van der Waals surface area contributed by atoms with E-state index in [2.05, 4.69) is 46.2 Å². The number of hydrogen-bond donors (Lipinski definition) is 1. The van der Waals surface area contributed by atoms with Gasteiger partial charge >= 0.3 is 0 Å². The third-order valence-corrected chi connectivity index (χ3v) is 4.54. The summed E-state index contributed by atoms with van der Waals surface area (Å²) in [5.41, 5.74) is 3.95. The molecule has 3 heteroatoms. The van der Waals surface area contributed by atoms with E-state index in [0.29, 0.717) is 6.04 Å². The first kappa shape index (κ1) is 11.9. The molecule has 1 unspecified atom stereocenters. The summed E-state index contributed by atoms with van der Waals surface area (Å²) in [6.45, 7) is 1.14. The fourth-order valence-electron chi connectivity index (χ4n) is 3.43. The first-order chi connectivity index (χ1) is 9.84. The highest BCUT2D eigenvalue weighted by Crippen LogP contribution is 2.31. The molecule has 0 amide bonds. The molecule has 3 aromatic rings. The highest BCUT2D eigenvalue weighted by atomic mass is 14.9. The van der Waals surface area contributed by atoms with Gasteiger partial charge in [-0.05, 0) is 43.1 Å². The van der Waals surface area contributed by atoms with Gasteiger partial charge in [0.25, 0.3) is 0 Å².